The van der Waals surface area contributed by atoms with Gasteiger partial charge in [-0.2, -0.15) is 0 Å². The quantitative estimate of drug-likeness (QED) is 0.226. The van der Waals surface area contributed by atoms with E-state index >= 15 is 0 Å². The Labute approximate surface area is 231 Å². The Balaban J connectivity index is 0.000000211. The van der Waals surface area contributed by atoms with E-state index in [0.717, 1.165) is 16.6 Å². The number of imidazole rings is 2. The smallest absolute Gasteiger partial charge is 0.192 e. The third kappa shape index (κ3) is 6.65. The summed E-state index contributed by atoms with van der Waals surface area (Å²) in [6.07, 6.45) is 3.72. The van der Waals surface area contributed by atoms with Crippen molar-refractivity contribution in [2.75, 3.05) is 0 Å². The number of hydrogen-bond acceptors (Lipinski definition) is 4. The summed E-state index contributed by atoms with van der Waals surface area (Å²) in [5, 5.41) is 0.484. The van der Waals surface area contributed by atoms with Crippen LogP contribution in [0.25, 0.3) is 22.1 Å². The average molecular weight is 553 g/mol. The highest BCUT2D eigenvalue weighted by Gasteiger charge is 2.38. The number of nitrogens with zero attached hydrogens (tertiary/aromatic N) is 4. The van der Waals surface area contributed by atoms with Gasteiger partial charge in [-0.25, -0.2) is 9.97 Å². The van der Waals surface area contributed by atoms with Gasteiger partial charge in [-0.3, -0.25) is 0 Å². The molecule has 0 saturated carbocycles. The summed E-state index contributed by atoms with van der Waals surface area (Å²) in [7, 11) is 0.650. The number of fused-ring (bicyclic) bond motifs is 2. The number of aryl methyl sites for hydroxylation is 2. The van der Waals surface area contributed by atoms with Crippen LogP contribution < -0.4 is 0 Å². The standard InChI is InChI=1S/2C15H24N2OSi/c1-15(2,3)19(5,6)18-10-12-8-7-9-13-14(12)16-11-17(13)4;1-15(2,3)19(5,6)18-10-12-8-7-9-13-14(12)17(4)11-16-13/h2*7-9,11H,10H2,1-6H3. The molecule has 38 heavy (non-hydrogen) atoms. The van der Waals surface area contributed by atoms with Gasteiger partial charge in [0.05, 0.1) is 47.9 Å². The fourth-order valence-corrected chi connectivity index (χ4v) is 5.59. The van der Waals surface area contributed by atoms with Gasteiger partial charge in [0.25, 0.3) is 0 Å². The third-order valence-corrected chi connectivity index (χ3v) is 17.4. The lowest BCUT2D eigenvalue weighted by atomic mass is 10.2. The van der Waals surface area contributed by atoms with Crippen molar-refractivity contribution in [2.24, 2.45) is 14.1 Å². The maximum Gasteiger partial charge on any atom is 0.192 e. The molecule has 0 radical (unpaired) electrons. The second-order valence-corrected chi connectivity index (χ2v) is 23.0. The molecule has 0 N–H and O–H groups in total. The number of benzene rings is 2. The van der Waals surface area contributed by atoms with E-state index in [4.69, 9.17) is 8.85 Å². The lowest BCUT2D eigenvalue weighted by molar-refractivity contribution is 0.277. The van der Waals surface area contributed by atoms with E-state index in [1.165, 1.54) is 16.6 Å². The zero-order valence-electron chi connectivity index (χ0n) is 25.6. The van der Waals surface area contributed by atoms with Gasteiger partial charge in [0.2, 0.25) is 0 Å². The molecule has 6 nitrogen and oxygen atoms in total. The first-order valence-electron chi connectivity index (χ1n) is 13.5. The molecule has 0 aliphatic heterocycles. The molecule has 0 fully saturated rings. The topological polar surface area (TPSA) is 54.1 Å². The van der Waals surface area contributed by atoms with Crippen LogP contribution in [0.4, 0.5) is 0 Å². The lowest BCUT2D eigenvalue weighted by Crippen LogP contribution is -2.40. The van der Waals surface area contributed by atoms with E-state index in [2.05, 4.69) is 113 Å². The minimum absolute atomic E-state index is 0.241. The minimum atomic E-state index is -1.70. The van der Waals surface area contributed by atoms with E-state index in [9.17, 15) is 0 Å². The summed E-state index contributed by atoms with van der Waals surface area (Å²) in [5.41, 5.74) is 6.85. The number of aromatic nitrogens is 4. The molecule has 2 aromatic carbocycles. The summed E-state index contributed by atoms with van der Waals surface area (Å²) < 4.78 is 16.7. The Hall–Kier alpha value is -2.27. The minimum Gasteiger partial charge on any atom is -0.412 e. The third-order valence-electron chi connectivity index (χ3n) is 8.45. The molecule has 0 bridgehead atoms. The maximum absolute atomic E-state index is 6.31. The molecule has 208 valence electrons. The van der Waals surface area contributed by atoms with Crippen LogP contribution in [0, 0.1) is 0 Å². The first-order valence-corrected chi connectivity index (χ1v) is 19.3. The highest BCUT2D eigenvalue weighted by Crippen LogP contribution is 2.38. The lowest BCUT2D eigenvalue weighted by Gasteiger charge is -2.36. The van der Waals surface area contributed by atoms with Crippen LogP contribution in [0.1, 0.15) is 52.7 Å². The van der Waals surface area contributed by atoms with Crippen LogP contribution in [-0.4, -0.2) is 35.7 Å². The molecule has 0 aliphatic rings. The Morgan fingerprint density at radius 3 is 1.76 bits per heavy atom. The number of para-hydroxylation sites is 2. The van der Waals surface area contributed by atoms with Crippen molar-refractivity contribution in [3.8, 4) is 0 Å². The van der Waals surface area contributed by atoms with Gasteiger partial charge < -0.3 is 18.0 Å². The Morgan fingerprint density at radius 2 is 1.18 bits per heavy atom. The van der Waals surface area contributed by atoms with Crippen molar-refractivity contribution < 1.29 is 8.85 Å². The molecule has 4 aromatic rings. The maximum atomic E-state index is 6.31. The summed E-state index contributed by atoms with van der Waals surface area (Å²) in [6, 6.07) is 12.5. The highest BCUT2D eigenvalue weighted by molar-refractivity contribution is 6.74. The zero-order valence-corrected chi connectivity index (χ0v) is 27.6. The van der Waals surface area contributed by atoms with Gasteiger partial charge in [0.15, 0.2) is 16.6 Å². The van der Waals surface area contributed by atoms with Gasteiger partial charge in [0, 0.05) is 25.2 Å². The van der Waals surface area contributed by atoms with Crippen LogP contribution in [0.3, 0.4) is 0 Å². The molecule has 0 amide bonds. The average Bonchev–Trinajstić information content (AvgIpc) is 3.39. The second kappa shape index (κ2) is 11.1. The predicted molar refractivity (Wildman–Crippen MR) is 165 cm³/mol. The first kappa shape index (κ1) is 30.3. The molecule has 0 spiro atoms. The van der Waals surface area contributed by atoms with Crippen molar-refractivity contribution in [1.29, 1.82) is 0 Å². The van der Waals surface area contributed by atoms with Crippen molar-refractivity contribution in [3.63, 3.8) is 0 Å². The highest BCUT2D eigenvalue weighted by atomic mass is 28.4. The van der Waals surface area contributed by atoms with Gasteiger partial charge in [-0.15, -0.1) is 0 Å². The second-order valence-electron chi connectivity index (χ2n) is 13.4. The fraction of sp³-hybridized carbons (Fsp3) is 0.533. The van der Waals surface area contributed by atoms with E-state index in [1.54, 1.807) is 0 Å². The zero-order chi connectivity index (χ0) is 28.5. The largest absolute Gasteiger partial charge is 0.412 e. The molecule has 4 rings (SSSR count). The molecule has 0 saturated heterocycles. The number of rotatable bonds is 6. The van der Waals surface area contributed by atoms with Crippen molar-refractivity contribution >= 4 is 38.7 Å². The molecule has 0 unspecified atom stereocenters. The van der Waals surface area contributed by atoms with E-state index in [1.807, 2.05) is 37.4 Å². The molecule has 2 aromatic heterocycles. The Morgan fingerprint density at radius 1 is 0.684 bits per heavy atom. The van der Waals surface area contributed by atoms with Crippen molar-refractivity contribution in [2.45, 2.75) is 91.0 Å². The van der Waals surface area contributed by atoms with Crippen molar-refractivity contribution in [3.05, 3.63) is 60.2 Å². The monoisotopic (exact) mass is 552 g/mol. The Kier molecular flexibility index (Phi) is 8.83. The molecule has 8 heteroatoms. The van der Waals surface area contributed by atoms with Gasteiger partial charge >= 0.3 is 0 Å². The summed E-state index contributed by atoms with van der Waals surface area (Å²) in [4.78, 5) is 8.87. The first-order chi connectivity index (χ1) is 17.4. The fourth-order valence-electron chi connectivity index (χ4n) is 3.70. The molecular weight excluding hydrogens is 505 g/mol. The van der Waals surface area contributed by atoms with Gasteiger partial charge in [0.1, 0.15) is 0 Å². The van der Waals surface area contributed by atoms with Crippen LogP contribution in [0.5, 0.6) is 0 Å². The van der Waals surface area contributed by atoms with Gasteiger partial charge in [-0.1, -0.05) is 65.8 Å². The summed E-state index contributed by atoms with van der Waals surface area (Å²) in [6.45, 7) is 24.1. The van der Waals surface area contributed by atoms with Crippen LogP contribution in [-0.2, 0) is 36.2 Å². The molecule has 0 aliphatic carbocycles. The summed E-state index contributed by atoms with van der Waals surface area (Å²) in [5.74, 6) is 0. The van der Waals surface area contributed by atoms with Crippen LogP contribution >= 0.6 is 0 Å². The SMILES string of the molecule is Cn1cnc2c(CO[Si](C)(C)C(C)(C)C)cccc21.Cn1cnc2cccc(CO[Si](C)(C)C(C)(C)C)c21. The summed E-state index contributed by atoms with van der Waals surface area (Å²) >= 11 is 0. The van der Waals surface area contributed by atoms with Crippen molar-refractivity contribution in [1.82, 2.24) is 19.1 Å². The normalized spacial score (nSPS) is 13.2. The van der Waals surface area contributed by atoms with E-state index in [-0.39, 0.29) is 10.1 Å². The van der Waals surface area contributed by atoms with Crippen LogP contribution in [0.2, 0.25) is 36.3 Å². The van der Waals surface area contributed by atoms with Gasteiger partial charge in [-0.05, 0) is 48.4 Å². The molecule has 0 atom stereocenters. The Bertz CT molecular complexity index is 1370. The number of hydrogen-bond donors (Lipinski definition) is 0. The van der Waals surface area contributed by atoms with Crippen LogP contribution in [0.15, 0.2) is 49.1 Å². The van der Waals surface area contributed by atoms with E-state index < -0.39 is 16.6 Å². The molecular formula is C30H48N4O2Si2. The van der Waals surface area contributed by atoms with E-state index in [0.29, 0.717) is 13.2 Å². The predicted octanol–water partition coefficient (Wildman–Crippen LogP) is 8.19. The molecule has 2 heterocycles.